The van der Waals surface area contributed by atoms with Crippen molar-refractivity contribution in [1.82, 2.24) is 29.4 Å². The van der Waals surface area contributed by atoms with Crippen LogP contribution >= 0.6 is 23.2 Å². The van der Waals surface area contributed by atoms with Crippen LogP contribution in [0.3, 0.4) is 0 Å². The molecule has 0 atom stereocenters. The number of carbonyl (C=O) groups excluding carboxylic acids is 1. The monoisotopic (exact) mass is 474 g/mol. The zero-order chi connectivity index (χ0) is 23.0. The van der Waals surface area contributed by atoms with Gasteiger partial charge in [-0.1, -0.05) is 37.0 Å². The van der Waals surface area contributed by atoms with E-state index >= 15 is 0 Å². The van der Waals surface area contributed by atoms with Gasteiger partial charge in [0.15, 0.2) is 16.6 Å². The zero-order valence-electron chi connectivity index (χ0n) is 17.5. The second kappa shape index (κ2) is 8.73. The molecule has 0 saturated heterocycles. The molecular weight excluding hydrogens is 455 g/mol. The van der Waals surface area contributed by atoms with Crippen molar-refractivity contribution >= 4 is 46.3 Å². The summed E-state index contributed by atoms with van der Waals surface area (Å²) in [5.74, 6) is 0.436. The summed E-state index contributed by atoms with van der Waals surface area (Å²) in [6.07, 6.45) is 3.04. The SMILES string of the molecule is Cc1cc(CO)nn1-c1ncc(NC(=O)Nc2cnc3cc(Cl)nn3c2C(C)C)cc1Cl. The van der Waals surface area contributed by atoms with Crippen LogP contribution in [0.5, 0.6) is 0 Å². The van der Waals surface area contributed by atoms with E-state index in [4.69, 9.17) is 23.2 Å². The van der Waals surface area contributed by atoms with Gasteiger partial charge in [-0.25, -0.2) is 24.0 Å². The molecule has 0 bridgehead atoms. The lowest BCUT2D eigenvalue weighted by Gasteiger charge is -2.15. The van der Waals surface area contributed by atoms with Crippen LogP contribution in [0.15, 0.2) is 30.6 Å². The molecule has 2 amide bonds. The molecule has 4 rings (SSSR count). The maximum absolute atomic E-state index is 12.6. The molecule has 4 aromatic rings. The van der Waals surface area contributed by atoms with E-state index in [-0.39, 0.29) is 17.5 Å². The second-order valence-corrected chi connectivity index (χ2v) is 8.20. The lowest BCUT2D eigenvalue weighted by molar-refractivity contribution is 0.262. The maximum atomic E-state index is 12.6. The van der Waals surface area contributed by atoms with Crippen LogP contribution in [0.25, 0.3) is 11.5 Å². The minimum absolute atomic E-state index is 0.0447. The quantitative estimate of drug-likeness (QED) is 0.398. The number of aryl methyl sites for hydroxylation is 1. The van der Waals surface area contributed by atoms with E-state index < -0.39 is 6.03 Å². The molecule has 0 aromatic carbocycles. The molecule has 3 N–H and O–H groups in total. The Bertz CT molecular complexity index is 1310. The number of pyridine rings is 1. The van der Waals surface area contributed by atoms with E-state index in [0.29, 0.717) is 33.7 Å². The number of aliphatic hydroxyl groups is 1. The first kappa shape index (κ1) is 22.0. The fraction of sp³-hybridized carbons (Fsp3) is 0.250. The topological polar surface area (TPSA) is 122 Å². The average molecular weight is 475 g/mol. The third kappa shape index (κ3) is 4.24. The smallest absolute Gasteiger partial charge is 0.323 e. The van der Waals surface area contributed by atoms with E-state index in [1.54, 1.807) is 28.9 Å². The molecule has 32 heavy (non-hydrogen) atoms. The minimum atomic E-state index is -0.491. The van der Waals surface area contributed by atoms with Crippen molar-refractivity contribution in [3.63, 3.8) is 0 Å². The Morgan fingerprint density at radius 2 is 1.91 bits per heavy atom. The molecule has 0 unspecified atom stereocenters. The number of amides is 2. The highest BCUT2D eigenvalue weighted by molar-refractivity contribution is 6.32. The Kier molecular flexibility index (Phi) is 6.00. The number of urea groups is 1. The number of fused-ring (bicyclic) bond motifs is 1. The van der Waals surface area contributed by atoms with E-state index in [2.05, 4.69) is 30.8 Å². The Balaban J connectivity index is 1.55. The minimum Gasteiger partial charge on any atom is -0.390 e. The molecule has 0 fully saturated rings. The number of hydrogen-bond donors (Lipinski definition) is 3. The van der Waals surface area contributed by atoms with Crippen molar-refractivity contribution in [3.05, 3.63) is 57.9 Å². The van der Waals surface area contributed by atoms with Gasteiger partial charge in [-0.15, -0.1) is 0 Å². The molecule has 4 aromatic heterocycles. The van der Waals surface area contributed by atoms with Crippen molar-refractivity contribution in [2.45, 2.75) is 33.3 Å². The van der Waals surface area contributed by atoms with Crippen LogP contribution in [0.4, 0.5) is 16.2 Å². The van der Waals surface area contributed by atoms with Crippen LogP contribution < -0.4 is 10.6 Å². The molecule has 0 saturated carbocycles. The molecule has 4 heterocycles. The van der Waals surface area contributed by atoms with E-state index in [1.807, 2.05) is 20.8 Å². The number of nitrogens with one attached hydrogen (secondary N) is 2. The first-order valence-electron chi connectivity index (χ1n) is 9.71. The largest absolute Gasteiger partial charge is 0.390 e. The number of nitrogens with zero attached hydrogens (tertiary/aromatic N) is 6. The molecule has 0 aliphatic rings. The molecule has 0 aliphatic carbocycles. The van der Waals surface area contributed by atoms with E-state index in [0.717, 1.165) is 11.4 Å². The van der Waals surface area contributed by atoms with Crippen LogP contribution in [-0.4, -0.2) is 40.5 Å². The predicted molar refractivity (Wildman–Crippen MR) is 122 cm³/mol. The third-order valence-corrected chi connectivity index (χ3v) is 5.13. The Morgan fingerprint density at radius 3 is 2.56 bits per heavy atom. The fourth-order valence-corrected chi connectivity index (χ4v) is 3.76. The Hall–Kier alpha value is -3.21. The van der Waals surface area contributed by atoms with Gasteiger partial charge in [0.1, 0.15) is 0 Å². The fourth-order valence-electron chi connectivity index (χ4n) is 3.35. The van der Waals surface area contributed by atoms with Gasteiger partial charge in [0.25, 0.3) is 0 Å². The van der Waals surface area contributed by atoms with Crippen molar-refractivity contribution in [3.8, 4) is 5.82 Å². The van der Waals surface area contributed by atoms with Crippen LogP contribution in [0.2, 0.25) is 10.2 Å². The van der Waals surface area contributed by atoms with Gasteiger partial charge < -0.3 is 15.7 Å². The molecule has 166 valence electrons. The van der Waals surface area contributed by atoms with Crippen molar-refractivity contribution < 1.29 is 9.90 Å². The van der Waals surface area contributed by atoms with E-state index in [1.165, 1.54) is 10.9 Å². The van der Waals surface area contributed by atoms with Gasteiger partial charge >= 0.3 is 6.03 Å². The van der Waals surface area contributed by atoms with Gasteiger partial charge in [0.05, 0.1) is 46.8 Å². The summed E-state index contributed by atoms with van der Waals surface area (Å²) in [7, 11) is 0. The number of halogens is 2. The first-order chi connectivity index (χ1) is 15.3. The molecule has 10 nitrogen and oxygen atoms in total. The number of carbonyl (C=O) groups is 1. The van der Waals surface area contributed by atoms with Gasteiger partial charge in [-0.05, 0) is 25.0 Å². The summed E-state index contributed by atoms with van der Waals surface area (Å²) in [5, 5.41) is 23.9. The number of aromatic nitrogens is 6. The highest BCUT2D eigenvalue weighted by Crippen LogP contribution is 2.26. The van der Waals surface area contributed by atoms with Crippen LogP contribution in [0.1, 0.15) is 36.8 Å². The summed E-state index contributed by atoms with van der Waals surface area (Å²) in [6, 6.07) is 4.47. The summed E-state index contributed by atoms with van der Waals surface area (Å²) < 4.78 is 3.14. The van der Waals surface area contributed by atoms with Crippen LogP contribution in [-0.2, 0) is 6.61 Å². The predicted octanol–water partition coefficient (Wildman–Crippen LogP) is 4.18. The lowest BCUT2D eigenvalue weighted by atomic mass is 10.1. The van der Waals surface area contributed by atoms with Gasteiger partial charge in [-0.3, -0.25) is 0 Å². The number of anilines is 2. The standard InChI is InChI=1S/C20H20Cl2N8O2/c1-10(2)18-15(8-23-17-6-16(22)28-30(17)18)26-20(32)25-12-5-14(21)19(24-7-12)29-11(3)4-13(9-31)27-29/h4-8,10,31H,9H2,1-3H3,(H2,25,26,32). The Morgan fingerprint density at radius 1 is 1.12 bits per heavy atom. The molecule has 0 aliphatic heterocycles. The third-order valence-electron chi connectivity index (χ3n) is 4.67. The summed E-state index contributed by atoms with van der Waals surface area (Å²) >= 11 is 12.4. The van der Waals surface area contributed by atoms with E-state index in [9.17, 15) is 9.90 Å². The molecule has 0 spiro atoms. The highest BCUT2D eigenvalue weighted by Gasteiger charge is 2.17. The normalized spacial score (nSPS) is 11.3. The number of hydrogen-bond acceptors (Lipinski definition) is 6. The molecule has 12 heteroatoms. The molecule has 0 radical (unpaired) electrons. The first-order valence-corrected chi connectivity index (χ1v) is 10.5. The van der Waals surface area contributed by atoms with Gasteiger partial charge in [0.2, 0.25) is 0 Å². The number of aliphatic hydroxyl groups excluding tert-OH is 1. The maximum Gasteiger partial charge on any atom is 0.323 e. The van der Waals surface area contributed by atoms with Crippen molar-refractivity contribution in [1.29, 1.82) is 0 Å². The average Bonchev–Trinajstić information content (AvgIpc) is 3.29. The summed E-state index contributed by atoms with van der Waals surface area (Å²) in [6.45, 7) is 5.60. The summed E-state index contributed by atoms with van der Waals surface area (Å²) in [5.41, 5.74) is 3.53. The summed E-state index contributed by atoms with van der Waals surface area (Å²) in [4.78, 5) is 21.2. The lowest BCUT2D eigenvalue weighted by Crippen LogP contribution is -2.22. The Labute approximate surface area is 193 Å². The second-order valence-electron chi connectivity index (χ2n) is 7.40. The highest BCUT2D eigenvalue weighted by atomic mass is 35.5. The van der Waals surface area contributed by atoms with Crippen molar-refractivity contribution in [2.75, 3.05) is 10.6 Å². The van der Waals surface area contributed by atoms with Crippen LogP contribution in [0, 0.1) is 6.92 Å². The molecular formula is C20H20Cl2N8O2. The number of rotatable bonds is 5. The zero-order valence-corrected chi connectivity index (χ0v) is 19.0. The van der Waals surface area contributed by atoms with Gasteiger partial charge in [0, 0.05) is 11.8 Å². The van der Waals surface area contributed by atoms with Crippen molar-refractivity contribution in [2.24, 2.45) is 0 Å². The van der Waals surface area contributed by atoms with Gasteiger partial charge in [-0.2, -0.15) is 10.2 Å².